The molecule has 10 heteroatoms. The van der Waals surface area contributed by atoms with Crippen molar-refractivity contribution in [2.45, 2.75) is 13.3 Å². The second-order valence-corrected chi connectivity index (χ2v) is 5.71. The van der Waals surface area contributed by atoms with E-state index >= 15 is 0 Å². The molecule has 0 saturated heterocycles. The second kappa shape index (κ2) is 6.15. The number of ether oxygens (including phenoxy) is 1. The molecule has 0 aliphatic heterocycles. The Kier molecular flexibility index (Phi) is 5.03. The molecule has 0 unspecified atom stereocenters. The van der Waals surface area contributed by atoms with Crippen LogP contribution < -0.4 is 10.1 Å². The lowest BCUT2D eigenvalue weighted by Crippen LogP contribution is -2.29. The zero-order valence-electron chi connectivity index (χ0n) is 9.79. The number of carbonyl (C=O) groups is 2. The third-order valence-electron chi connectivity index (χ3n) is 1.88. The standard InChI is InChI=1S/C10H7F3INO5/c1-5(16)15-9(17)6-3-2-4-7(8(6)14(18)19)20-10(11,12)13/h2-4H,1H3,(H,15,16,17). The highest BCUT2D eigenvalue weighted by molar-refractivity contribution is 14.2. The lowest BCUT2D eigenvalue weighted by atomic mass is 10.2. The Hall–Kier alpha value is -1.72. The van der Waals surface area contributed by atoms with Gasteiger partial charge in [0.25, 0.3) is 5.91 Å². The summed E-state index contributed by atoms with van der Waals surface area (Å²) in [7, 11) is 0. The summed E-state index contributed by atoms with van der Waals surface area (Å²) < 4.78 is 61.5. The fourth-order valence-electron chi connectivity index (χ4n) is 1.28. The average molecular weight is 405 g/mol. The molecule has 20 heavy (non-hydrogen) atoms. The van der Waals surface area contributed by atoms with Crippen molar-refractivity contribution in [2.24, 2.45) is 0 Å². The zero-order chi connectivity index (χ0) is 15.5. The summed E-state index contributed by atoms with van der Waals surface area (Å²) in [5.41, 5.74) is -0.572. The molecule has 0 aliphatic rings. The first-order valence-electron chi connectivity index (χ1n) is 4.88. The second-order valence-electron chi connectivity index (χ2n) is 3.39. The summed E-state index contributed by atoms with van der Waals surface area (Å²) >= 11 is -4.48. The van der Waals surface area contributed by atoms with E-state index in [-0.39, 0.29) is 0 Å². The van der Waals surface area contributed by atoms with E-state index in [1.165, 1.54) is 0 Å². The van der Waals surface area contributed by atoms with Crippen LogP contribution in [0.1, 0.15) is 17.3 Å². The maximum atomic E-state index is 12.2. The van der Waals surface area contributed by atoms with Gasteiger partial charge < -0.3 is 4.74 Å². The Morgan fingerprint density at radius 3 is 2.30 bits per heavy atom. The number of imide groups is 1. The Labute approximate surface area is 117 Å². The van der Waals surface area contributed by atoms with E-state index in [4.69, 9.17) is 0 Å². The van der Waals surface area contributed by atoms with Crippen molar-refractivity contribution < 1.29 is 33.6 Å². The normalized spacial score (nSPS) is 11.2. The lowest BCUT2D eigenvalue weighted by molar-refractivity contribution is -0.275. The molecule has 110 valence electrons. The summed E-state index contributed by atoms with van der Waals surface area (Å²) in [5, 5.41) is 1.78. The number of halogens is 4. The largest absolute Gasteiger partial charge is 0.573 e. The van der Waals surface area contributed by atoms with Crippen LogP contribution in [-0.4, -0.2) is 18.2 Å². The third-order valence-corrected chi connectivity index (χ3v) is 3.87. The molecule has 0 spiro atoms. The number of nitrogens with one attached hydrogen (secondary N) is 1. The van der Waals surface area contributed by atoms with Gasteiger partial charge >= 0.3 is 26.2 Å². The van der Waals surface area contributed by atoms with Gasteiger partial charge in [-0.05, 0) is 12.1 Å². The minimum Gasteiger partial charge on any atom is -0.404 e. The molecule has 0 heterocycles. The monoisotopic (exact) mass is 405 g/mol. The van der Waals surface area contributed by atoms with Crippen molar-refractivity contribution in [3.63, 3.8) is 0 Å². The molecule has 2 amide bonds. The summed E-state index contributed by atoms with van der Waals surface area (Å²) in [6.07, 6.45) is -5.10. The molecule has 0 aromatic heterocycles. The smallest absolute Gasteiger partial charge is 0.404 e. The molecule has 1 aromatic carbocycles. The van der Waals surface area contributed by atoms with E-state index in [1.54, 1.807) is 5.32 Å². The van der Waals surface area contributed by atoms with Gasteiger partial charge in [-0.1, -0.05) is 6.07 Å². The lowest BCUT2D eigenvalue weighted by Gasteiger charge is -2.12. The number of benzene rings is 1. The van der Waals surface area contributed by atoms with E-state index in [0.717, 1.165) is 25.1 Å². The van der Waals surface area contributed by atoms with Crippen LogP contribution in [0.4, 0.5) is 13.2 Å². The first-order chi connectivity index (χ1) is 9.11. The Morgan fingerprint density at radius 2 is 1.85 bits per heavy atom. The number of hydrogen-bond acceptors (Lipinski definition) is 5. The minimum atomic E-state index is -5.10. The van der Waals surface area contributed by atoms with Crippen molar-refractivity contribution >= 4 is 31.6 Å². The Balaban J connectivity index is 3.36. The van der Waals surface area contributed by atoms with Crippen molar-refractivity contribution in [2.75, 3.05) is 0 Å². The van der Waals surface area contributed by atoms with Gasteiger partial charge in [0, 0.05) is 6.92 Å². The van der Waals surface area contributed by atoms with E-state index in [9.17, 15) is 28.9 Å². The van der Waals surface area contributed by atoms with Crippen LogP contribution in [0.2, 0.25) is 0 Å². The third kappa shape index (κ3) is 4.43. The van der Waals surface area contributed by atoms with Crippen LogP contribution in [0.25, 0.3) is 0 Å². The molecule has 1 rings (SSSR count). The van der Waals surface area contributed by atoms with Crippen molar-refractivity contribution in [1.82, 2.24) is 5.32 Å². The average Bonchev–Trinajstić information content (AvgIpc) is 2.24. The first kappa shape index (κ1) is 16.3. The van der Waals surface area contributed by atoms with Crippen molar-refractivity contribution in [3.8, 4) is 5.75 Å². The van der Waals surface area contributed by atoms with Gasteiger partial charge in [0.15, 0.2) is 0 Å². The number of alkyl halides is 3. The number of rotatable bonds is 3. The van der Waals surface area contributed by atoms with Crippen LogP contribution in [0, 0.1) is 3.57 Å². The van der Waals surface area contributed by atoms with Crippen LogP contribution in [0.15, 0.2) is 18.2 Å². The minimum absolute atomic E-state index is 0.572. The molecule has 1 aromatic rings. The summed E-state index contributed by atoms with van der Waals surface area (Å²) in [5.74, 6) is -2.89. The molecule has 0 atom stereocenters. The molecular formula is C10H7F3INO5. The molecule has 0 saturated carbocycles. The predicted molar refractivity (Wildman–Crippen MR) is 65.4 cm³/mol. The van der Waals surface area contributed by atoms with Gasteiger partial charge in [-0.2, -0.15) is 0 Å². The maximum Gasteiger partial charge on any atom is 0.573 e. The highest BCUT2D eigenvalue weighted by Crippen LogP contribution is 2.34. The van der Waals surface area contributed by atoms with Gasteiger partial charge in [0.05, 0.1) is 5.56 Å². The molecule has 0 bridgehead atoms. The highest BCUT2D eigenvalue weighted by Gasteiger charge is 2.34. The van der Waals surface area contributed by atoms with Gasteiger partial charge in [0.1, 0.15) is 9.32 Å². The van der Waals surface area contributed by atoms with Crippen LogP contribution in [0.3, 0.4) is 0 Å². The quantitative estimate of drug-likeness (QED) is 0.780. The van der Waals surface area contributed by atoms with Crippen LogP contribution in [0.5, 0.6) is 5.75 Å². The topological polar surface area (TPSA) is 89.5 Å². The first-order valence-corrected chi connectivity index (χ1v) is 7.72. The van der Waals surface area contributed by atoms with Crippen LogP contribution in [-0.2, 0) is 10.9 Å². The van der Waals surface area contributed by atoms with Gasteiger partial charge in [0.2, 0.25) is 5.91 Å². The molecular weight excluding hydrogens is 398 g/mol. The maximum absolute atomic E-state index is 12.2. The Bertz CT molecular complexity index is 616. The Morgan fingerprint density at radius 1 is 1.25 bits per heavy atom. The van der Waals surface area contributed by atoms with Crippen LogP contribution >= 0.6 is 19.8 Å². The summed E-state index contributed by atoms with van der Waals surface area (Å²) in [6, 6.07) is 2.77. The summed E-state index contributed by atoms with van der Waals surface area (Å²) in [4.78, 5) is 22.3. The van der Waals surface area contributed by atoms with E-state index in [0.29, 0.717) is 0 Å². The van der Waals surface area contributed by atoms with Crippen molar-refractivity contribution in [1.29, 1.82) is 0 Å². The van der Waals surface area contributed by atoms with E-state index in [1.807, 2.05) is 0 Å². The van der Waals surface area contributed by atoms with Gasteiger partial charge in [-0.25, -0.2) is 6.14 Å². The van der Waals surface area contributed by atoms with Gasteiger partial charge in [-0.3, -0.25) is 14.9 Å². The highest BCUT2D eigenvalue weighted by atomic mass is 127. The molecule has 0 radical (unpaired) electrons. The molecule has 0 fully saturated rings. The molecule has 6 nitrogen and oxygen atoms in total. The molecule has 1 N–H and O–H groups in total. The zero-order valence-corrected chi connectivity index (χ0v) is 11.9. The summed E-state index contributed by atoms with van der Waals surface area (Å²) in [6.45, 7) is 0.998. The fraction of sp³-hybridized carbons (Fsp3) is 0.200. The number of carbonyl (C=O) groups excluding carboxylic acids is 2. The van der Waals surface area contributed by atoms with E-state index < -0.39 is 52.9 Å². The number of hydrogen-bond donors (Lipinski definition) is 1. The van der Waals surface area contributed by atoms with Gasteiger partial charge in [-0.15, -0.1) is 13.2 Å². The number of amides is 2. The van der Waals surface area contributed by atoms with Crippen molar-refractivity contribution in [3.05, 3.63) is 27.3 Å². The predicted octanol–water partition coefficient (Wildman–Crippen LogP) is 2.23. The molecule has 0 aliphatic carbocycles. The van der Waals surface area contributed by atoms with E-state index in [2.05, 4.69) is 4.74 Å². The fourth-order valence-corrected chi connectivity index (χ4v) is 2.90. The SMILES string of the molecule is CC(=O)NC(=O)c1cccc(OC(F)(F)F)c1I(=O)=O.